The standard InChI is InChI=1S/C16H22N2/c1-12(2)15-10-13(3)14(11-17-15)16(4)8-6-7-9-18(16)5/h6-12H,1-5H3. The molecule has 2 heteroatoms. The van der Waals surface area contributed by atoms with Crippen LogP contribution in [0.5, 0.6) is 0 Å². The van der Waals surface area contributed by atoms with Gasteiger partial charge in [0.2, 0.25) is 0 Å². The van der Waals surface area contributed by atoms with Gasteiger partial charge in [-0.15, -0.1) is 0 Å². The molecule has 18 heavy (non-hydrogen) atoms. The summed E-state index contributed by atoms with van der Waals surface area (Å²) in [5.74, 6) is 0.477. The molecule has 1 aliphatic heterocycles. The van der Waals surface area contributed by atoms with E-state index in [1.807, 2.05) is 6.20 Å². The number of nitrogens with zero attached hydrogens (tertiary/aromatic N) is 2. The topological polar surface area (TPSA) is 16.1 Å². The minimum absolute atomic E-state index is 0.0959. The van der Waals surface area contributed by atoms with E-state index in [1.54, 1.807) is 0 Å². The molecule has 0 bridgehead atoms. The maximum absolute atomic E-state index is 4.61. The van der Waals surface area contributed by atoms with E-state index in [2.05, 4.69) is 75.1 Å². The van der Waals surface area contributed by atoms with Gasteiger partial charge < -0.3 is 4.90 Å². The van der Waals surface area contributed by atoms with E-state index >= 15 is 0 Å². The zero-order valence-corrected chi connectivity index (χ0v) is 11.9. The van der Waals surface area contributed by atoms with Gasteiger partial charge in [0.15, 0.2) is 0 Å². The lowest BCUT2D eigenvalue weighted by atomic mass is 9.86. The zero-order chi connectivity index (χ0) is 13.3. The van der Waals surface area contributed by atoms with E-state index in [0.717, 1.165) is 5.69 Å². The van der Waals surface area contributed by atoms with Crippen molar-refractivity contribution in [1.82, 2.24) is 9.88 Å². The number of hydrogen-bond acceptors (Lipinski definition) is 2. The van der Waals surface area contributed by atoms with Crippen LogP contribution < -0.4 is 0 Å². The second kappa shape index (κ2) is 4.60. The van der Waals surface area contributed by atoms with Gasteiger partial charge in [0, 0.05) is 24.5 Å². The van der Waals surface area contributed by atoms with Crippen LogP contribution >= 0.6 is 0 Å². The normalized spacial score (nSPS) is 22.9. The molecular formula is C16H22N2. The number of likely N-dealkylation sites (N-methyl/N-ethyl adjacent to an activating group) is 1. The van der Waals surface area contributed by atoms with Gasteiger partial charge in [-0.3, -0.25) is 4.98 Å². The smallest absolute Gasteiger partial charge is 0.0820 e. The van der Waals surface area contributed by atoms with E-state index < -0.39 is 0 Å². The van der Waals surface area contributed by atoms with Gasteiger partial charge in [0.05, 0.1) is 5.54 Å². The molecule has 0 aromatic carbocycles. The number of allylic oxidation sites excluding steroid dienone is 2. The van der Waals surface area contributed by atoms with Crippen molar-refractivity contribution in [3.63, 3.8) is 0 Å². The molecule has 1 aromatic heterocycles. The monoisotopic (exact) mass is 242 g/mol. The van der Waals surface area contributed by atoms with Crippen LogP contribution in [0.3, 0.4) is 0 Å². The molecule has 96 valence electrons. The zero-order valence-electron chi connectivity index (χ0n) is 11.9. The molecule has 2 heterocycles. The summed E-state index contributed by atoms with van der Waals surface area (Å²) in [4.78, 5) is 6.84. The van der Waals surface area contributed by atoms with Gasteiger partial charge in [-0.2, -0.15) is 0 Å². The Hall–Kier alpha value is -1.57. The Labute approximate surface area is 110 Å². The lowest BCUT2D eigenvalue weighted by molar-refractivity contribution is 0.260. The van der Waals surface area contributed by atoms with Crippen LogP contribution in [0, 0.1) is 6.92 Å². The molecule has 1 aromatic rings. The Morgan fingerprint density at radius 1 is 1.28 bits per heavy atom. The first kappa shape index (κ1) is 12.9. The first-order valence-electron chi connectivity index (χ1n) is 6.51. The first-order chi connectivity index (χ1) is 8.45. The summed E-state index contributed by atoms with van der Waals surface area (Å²) < 4.78 is 0. The Balaban J connectivity index is 2.46. The molecule has 0 saturated carbocycles. The lowest BCUT2D eigenvalue weighted by Gasteiger charge is -2.38. The molecule has 0 saturated heterocycles. The summed E-state index contributed by atoms with van der Waals surface area (Å²) in [6.07, 6.45) is 10.5. The third-order valence-electron chi connectivity index (χ3n) is 3.84. The number of aryl methyl sites for hydroxylation is 1. The van der Waals surface area contributed by atoms with Gasteiger partial charge in [-0.1, -0.05) is 26.0 Å². The molecule has 0 amide bonds. The maximum atomic E-state index is 4.61. The molecule has 2 nitrogen and oxygen atoms in total. The van der Waals surface area contributed by atoms with E-state index in [4.69, 9.17) is 0 Å². The van der Waals surface area contributed by atoms with Crippen molar-refractivity contribution in [3.8, 4) is 0 Å². The Kier molecular flexibility index (Phi) is 3.29. The molecule has 1 aliphatic rings. The van der Waals surface area contributed by atoms with Gasteiger partial charge >= 0.3 is 0 Å². The first-order valence-corrected chi connectivity index (χ1v) is 6.51. The fourth-order valence-electron chi connectivity index (χ4n) is 2.40. The minimum atomic E-state index is -0.0959. The van der Waals surface area contributed by atoms with Gasteiger partial charge in [-0.25, -0.2) is 0 Å². The third-order valence-corrected chi connectivity index (χ3v) is 3.84. The number of pyridine rings is 1. The van der Waals surface area contributed by atoms with Crippen LogP contribution in [-0.4, -0.2) is 16.9 Å². The largest absolute Gasteiger partial charge is 0.368 e. The number of hydrogen-bond donors (Lipinski definition) is 0. The van der Waals surface area contributed by atoms with Crippen LogP contribution in [0.4, 0.5) is 0 Å². The van der Waals surface area contributed by atoms with Crippen molar-refractivity contribution in [2.75, 3.05) is 7.05 Å². The fraction of sp³-hybridized carbons (Fsp3) is 0.438. The highest BCUT2D eigenvalue weighted by atomic mass is 15.2. The van der Waals surface area contributed by atoms with Gasteiger partial charge in [-0.05, 0) is 43.7 Å². The Morgan fingerprint density at radius 3 is 2.56 bits per heavy atom. The Bertz CT molecular complexity index is 500. The molecule has 0 radical (unpaired) electrons. The highest BCUT2D eigenvalue weighted by Gasteiger charge is 2.30. The summed E-state index contributed by atoms with van der Waals surface area (Å²) in [7, 11) is 2.11. The van der Waals surface area contributed by atoms with Crippen LogP contribution in [0.15, 0.2) is 36.7 Å². The van der Waals surface area contributed by atoms with Crippen LogP contribution in [0.25, 0.3) is 0 Å². The number of rotatable bonds is 2. The molecule has 1 atom stereocenters. The van der Waals surface area contributed by atoms with Crippen molar-refractivity contribution < 1.29 is 0 Å². The second-order valence-electron chi connectivity index (χ2n) is 5.54. The second-order valence-corrected chi connectivity index (χ2v) is 5.54. The van der Waals surface area contributed by atoms with Crippen LogP contribution in [0.1, 0.15) is 43.5 Å². The van der Waals surface area contributed by atoms with E-state index in [-0.39, 0.29) is 5.54 Å². The molecule has 1 unspecified atom stereocenters. The quantitative estimate of drug-likeness (QED) is 0.785. The van der Waals surface area contributed by atoms with E-state index in [1.165, 1.54) is 11.1 Å². The summed E-state index contributed by atoms with van der Waals surface area (Å²) in [6.45, 7) is 8.76. The average Bonchev–Trinajstić information content (AvgIpc) is 2.32. The van der Waals surface area contributed by atoms with Gasteiger partial charge in [0.1, 0.15) is 0 Å². The van der Waals surface area contributed by atoms with Crippen molar-refractivity contribution in [2.45, 2.75) is 39.2 Å². The van der Waals surface area contributed by atoms with Crippen molar-refractivity contribution in [2.24, 2.45) is 0 Å². The van der Waals surface area contributed by atoms with Gasteiger partial charge in [0.25, 0.3) is 0 Å². The molecule has 0 fully saturated rings. The summed E-state index contributed by atoms with van der Waals surface area (Å²) in [5, 5.41) is 0. The van der Waals surface area contributed by atoms with E-state index in [0.29, 0.717) is 5.92 Å². The third kappa shape index (κ3) is 2.07. The van der Waals surface area contributed by atoms with E-state index in [9.17, 15) is 0 Å². The SMILES string of the molecule is Cc1cc(C(C)C)ncc1C1(C)C=CC=CN1C. The molecule has 0 aliphatic carbocycles. The summed E-state index contributed by atoms with van der Waals surface area (Å²) in [5.41, 5.74) is 3.65. The molecule has 0 N–H and O–H groups in total. The minimum Gasteiger partial charge on any atom is -0.368 e. The molecular weight excluding hydrogens is 220 g/mol. The lowest BCUT2D eigenvalue weighted by Crippen LogP contribution is -2.37. The summed E-state index contributed by atoms with van der Waals surface area (Å²) >= 11 is 0. The number of aromatic nitrogens is 1. The predicted molar refractivity (Wildman–Crippen MR) is 76.5 cm³/mol. The van der Waals surface area contributed by atoms with Crippen molar-refractivity contribution in [3.05, 3.63) is 53.5 Å². The predicted octanol–water partition coefficient (Wildman–Crippen LogP) is 3.74. The highest BCUT2D eigenvalue weighted by Crippen LogP contribution is 2.33. The molecule has 2 rings (SSSR count). The maximum Gasteiger partial charge on any atom is 0.0820 e. The van der Waals surface area contributed by atoms with Crippen LogP contribution in [0.2, 0.25) is 0 Å². The van der Waals surface area contributed by atoms with Crippen LogP contribution in [-0.2, 0) is 5.54 Å². The fourth-order valence-corrected chi connectivity index (χ4v) is 2.40. The highest BCUT2D eigenvalue weighted by molar-refractivity contribution is 5.38. The summed E-state index contributed by atoms with van der Waals surface area (Å²) in [6, 6.07) is 2.21. The Morgan fingerprint density at radius 2 is 2.00 bits per heavy atom. The average molecular weight is 242 g/mol. The molecule has 0 spiro atoms. The van der Waals surface area contributed by atoms with Crippen molar-refractivity contribution in [1.29, 1.82) is 0 Å². The van der Waals surface area contributed by atoms with Crippen molar-refractivity contribution >= 4 is 0 Å².